The van der Waals surface area contributed by atoms with Crippen LogP contribution >= 0.6 is 0 Å². The second-order valence-corrected chi connectivity index (χ2v) is 5.59. The van der Waals surface area contributed by atoms with Crippen LogP contribution in [-0.4, -0.2) is 57.5 Å². The molecule has 1 aliphatic rings. The molecule has 1 N–H and O–H groups in total. The van der Waals surface area contributed by atoms with E-state index in [0.29, 0.717) is 5.75 Å². The number of rotatable bonds is 4. The first-order valence-electron chi connectivity index (χ1n) is 7.35. The zero-order chi connectivity index (χ0) is 17.3. The zero-order valence-corrected chi connectivity index (χ0v) is 13.0. The fourth-order valence-corrected chi connectivity index (χ4v) is 2.60. The Bertz CT molecular complexity index is 774. The number of carboxylic acid groups (broad SMARTS) is 1. The summed E-state index contributed by atoms with van der Waals surface area (Å²) in [5.74, 6) is -1.32. The number of aliphatic carboxylic acids is 1. The van der Waals surface area contributed by atoms with Crippen LogP contribution in [0, 0.1) is 0 Å². The van der Waals surface area contributed by atoms with Gasteiger partial charge in [-0.1, -0.05) is 0 Å². The Morgan fingerprint density at radius 2 is 2.00 bits per heavy atom. The average Bonchev–Trinajstić information content (AvgIpc) is 3.22. The number of carbonyl (C=O) groups excluding carboxylic acids is 1. The number of likely N-dealkylation sites (tertiary alicyclic amines) is 1. The highest BCUT2D eigenvalue weighted by molar-refractivity contribution is 5.93. The Morgan fingerprint density at radius 3 is 2.58 bits per heavy atom. The van der Waals surface area contributed by atoms with E-state index in [1.54, 1.807) is 37.6 Å². The summed E-state index contributed by atoms with van der Waals surface area (Å²) in [5, 5.41) is 13.1. The van der Waals surface area contributed by atoms with Crippen molar-refractivity contribution >= 4 is 11.9 Å². The smallest absolute Gasteiger partial charge is 0.343 e. The molecular weight excluding hydrogens is 317 g/mol. The summed E-state index contributed by atoms with van der Waals surface area (Å²) in [4.78, 5) is 24.5. The minimum absolute atomic E-state index is 0.0526. The van der Waals surface area contributed by atoms with Gasteiger partial charge in [-0.25, -0.2) is 13.9 Å². The first kappa shape index (κ1) is 16.0. The van der Waals surface area contributed by atoms with E-state index < -0.39 is 24.1 Å². The van der Waals surface area contributed by atoms with Crippen LogP contribution in [0.15, 0.2) is 36.5 Å². The van der Waals surface area contributed by atoms with E-state index in [1.807, 2.05) is 0 Å². The van der Waals surface area contributed by atoms with Crippen molar-refractivity contribution < 1.29 is 23.8 Å². The quantitative estimate of drug-likeness (QED) is 0.917. The lowest BCUT2D eigenvalue weighted by Crippen LogP contribution is -2.39. The van der Waals surface area contributed by atoms with Crippen LogP contribution in [0.1, 0.15) is 16.9 Å². The van der Waals surface area contributed by atoms with E-state index in [-0.39, 0.29) is 18.7 Å². The molecule has 1 aromatic carbocycles. The molecule has 0 aliphatic carbocycles. The van der Waals surface area contributed by atoms with Crippen LogP contribution in [0.4, 0.5) is 4.39 Å². The third kappa shape index (κ3) is 2.82. The van der Waals surface area contributed by atoms with E-state index >= 15 is 0 Å². The van der Waals surface area contributed by atoms with Gasteiger partial charge in [-0.3, -0.25) is 4.79 Å². The summed E-state index contributed by atoms with van der Waals surface area (Å²) in [7, 11) is 1.57. The molecule has 1 amide bonds. The third-order valence-electron chi connectivity index (χ3n) is 4.04. The van der Waals surface area contributed by atoms with Crippen molar-refractivity contribution in [2.45, 2.75) is 12.1 Å². The molecule has 0 bridgehead atoms. The number of hydrogen-bond acceptors (Lipinski definition) is 4. The number of carbonyl (C=O) groups is 2. The highest BCUT2D eigenvalue weighted by atomic mass is 19.1. The van der Waals surface area contributed by atoms with Gasteiger partial charge < -0.3 is 14.7 Å². The molecule has 7 nitrogen and oxygen atoms in total. The fourth-order valence-electron chi connectivity index (χ4n) is 2.60. The van der Waals surface area contributed by atoms with Gasteiger partial charge in [-0.2, -0.15) is 5.10 Å². The largest absolute Gasteiger partial charge is 0.497 e. The maximum Gasteiger partial charge on any atom is 0.343 e. The Labute approximate surface area is 137 Å². The summed E-state index contributed by atoms with van der Waals surface area (Å²) in [6.45, 7) is -0.409. The van der Waals surface area contributed by atoms with E-state index in [9.17, 15) is 14.0 Å². The van der Waals surface area contributed by atoms with Crippen LogP contribution in [0.5, 0.6) is 5.75 Å². The van der Waals surface area contributed by atoms with Crippen LogP contribution in [0.3, 0.4) is 0 Å². The number of carboxylic acids is 1. The number of hydrogen-bond donors (Lipinski definition) is 1. The number of nitrogens with zero attached hydrogens (tertiary/aromatic N) is 3. The van der Waals surface area contributed by atoms with Gasteiger partial charge in [-0.05, 0) is 30.3 Å². The monoisotopic (exact) mass is 333 g/mol. The molecule has 1 aliphatic heterocycles. The molecule has 126 valence electrons. The van der Waals surface area contributed by atoms with Crippen molar-refractivity contribution in [3.8, 4) is 11.4 Å². The van der Waals surface area contributed by atoms with E-state index in [2.05, 4.69) is 5.10 Å². The van der Waals surface area contributed by atoms with Gasteiger partial charge in [0, 0.05) is 19.2 Å². The summed E-state index contributed by atoms with van der Waals surface area (Å²) in [6, 6.07) is 8.62. The molecule has 1 saturated heterocycles. The number of halogens is 1. The predicted octanol–water partition coefficient (Wildman–Crippen LogP) is 1.52. The molecule has 1 unspecified atom stereocenters. The third-order valence-corrected chi connectivity index (χ3v) is 4.04. The lowest BCUT2D eigenvalue weighted by atomic mass is 10.1. The maximum atomic E-state index is 14.1. The van der Waals surface area contributed by atoms with Gasteiger partial charge in [0.25, 0.3) is 5.91 Å². The number of amides is 1. The summed E-state index contributed by atoms with van der Waals surface area (Å²) in [5.41, 5.74) is -1.50. The normalized spacial score (nSPS) is 20.2. The van der Waals surface area contributed by atoms with Crippen molar-refractivity contribution in [2.75, 3.05) is 20.2 Å². The standard InChI is InChI=1S/C16H16FN3O4/c1-24-12-4-2-11(3-5-12)20-8-6-13(18-20)14(21)19-9-7-16(17,10-19)15(22)23/h2-6,8H,7,9-10H2,1H3,(H,22,23). The summed E-state index contributed by atoms with van der Waals surface area (Å²) >= 11 is 0. The minimum Gasteiger partial charge on any atom is -0.497 e. The van der Waals surface area contributed by atoms with Gasteiger partial charge in [0.05, 0.1) is 19.3 Å². The van der Waals surface area contributed by atoms with Crippen LogP contribution in [0.25, 0.3) is 5.69 Å². The molecule has 1 atom stereocenters. The average molecular weight is 333 g/mol. The number of benzene rings is 1. The molecule has 2 aromatic rings. The van der Waals surface area contributed by atoms with Crippen LogP contribution in [-0.2, 0) is 4.79 Å². The number of aromatic nitrogens is 2. The number of methoxy groups -OCH3 is 1. The fraction of sp³-hybridized carbons (Fsp3) is 0.312. The van der Waals surface area contributed by atoms with Crippen molar-refractivity contribution in [1.29, 1.82) is 0 Å². The Balaban J connectivity index is 1.75. The molecule has 3 rings (SSSR count). The van der Waals surface area contributed by atoms with Crippen LogP contribution < -0.4 is 4.74 Å². The maximum absolute atomic E-state index is 14.1. The minimum atomic E-state index is -2.38. The Morgan fingerprint density at radius 1 is 1.29 bits per heavy atom. The highest BCUT2D eigenvalue weighted by Crippen LogP contribution is 2.27. The molecule has 0 spiro atoms. The second kappa shape index (κ2) is 5.95. The summed E-state index contributed by atoms with van der Waals surface area (Å²) in [6.07, 6.45) is 1.40. The molecule has 1 aromatic heterocycles. The molecule has 0 saturated carbocycles. The molecule has 24 heavy (non-hydrogen) atoms. The molecule has 2 heterocycles. The SMILES string of the molecule is COc1ccc(-n2ccc(C(=O)N3CCC(F)(C(=O)O)C3)n2)cc1. The predicted molar refractivity (Wildman–Crippen MR) is 82.1 cm³/mol. The number of alkyl halides is 1. The Kier molecular flexibility index (Phi) is 3.96. The lowest BCUT2D eigenvalue weighted by Gasteiger charge is -2.16. The van der Waals surface area contributed by atoms with E-state index in [4.69, 9.17) is 9.84 Å². The van der Waals surface area contributed by atoms with Gasteiger partial charge in [0.2, 0.25) is 5.67 Å². The molecule has 8 heteroatoms. The lowest BCUT2D eigenvalue weighted by molar-refractivity contribution is -0.149. The topological polar surface area (TPSA) is 84.7 Å². The zero-order valence-electron chi connectivity index (χ0n) is 13.0. The second-order valence-electron chi connectivity index (χ2n) is 5.59. The summed E-state index contributed by atoms with van der Waals surface area (Å²) < 4.78 is 20.7. The molecular formula is C16H16FN3O4. The highest BCUT2D eigenvalue weighted by Gasteiger charge is 2.47. The first-order valence-corrected chi connectivity index (χ1v) is 7.35. The van der Waals surface area contributed by atoms with Crippen molar-refractivity contribution in [1.82, 2.24) is 14.7 Å². The Hall–Kier alpha value is -2.90. The van der Waals surface area contributed by atoms with Crippen molar-refractivity contribution in [2.24, 2.45) is 0 Å². The first-order chi connectivity index (χ1) is 11.4. The van der Waals surface area contributed by atoms with Gasteiger partial charge in [-0.15, -0.1) is 0 Å². The molecule has 1 fully saturated rings. The van der Waals surface area contributed by atoms with Crippen molar-refractivity contribution in [3.63, 3.8) is 0 Å². The number of ether oxygens (including phenoxy) is 1. The van der Waals surface area contributed by atoms with E-state index in [0.717, 1.165) is 5.69 Å². The van der Waals surface area contributed by atoms with Crippen LogP contribution in [0.2, 0.25) is 0 Å². The van der Waals surface area contributed by atoms with E-state index in [1.165, 1.54) is 15.6 Å². The van der Waals surface area contributed by atoms with Gasteiger partial charge in [0.15, 0.2) is 5.69 Å². The van der Waals surface area contributed by atoms with Gasteiger partial charge >= 0.3 is 5.97 Å². The molecule has 0 radical (unpaired) electrons. The van der Waals surface area contributed by atoms with Crippen molar-refractivity contribution in [3.05, 3.63) is 42.2 Å². The van der Waals surface area contributed by atoms with Gasteiger partial charge in [0.1, 0.15) is 5.75 Å².